The maximum absolute atomic E-state index is 12.8. The summed E-state index contributed by atoms with van der Waals surface area (Å²) in [5.74, 6) is 0.0347. The maximum atomic E-state index is 12.8. The van der Waals surface area contributed by atoms with Gasteiger partial charge in [0.15, 0.2) is 0 Å². The van der Waals surface area contributed by atoms with Crippen LogP contribution in [0.15, 0.2) is 23.4 Å². The van der Waals surface area contributed by atoms with E-state index in [1.165, 1.54) is 13.0 Å². The molecule has 4 N–H and O–H groups in total. The highest BCUT2D eigenvalue weighted by Crippen LogP contribution is 2.33. The molecule has 0 aromatic heterocycles. The number of hydrogen-bond acceptors (Lipinski definition) is 3. The summed E-state index contributed by atoms with van der Waals surface area (Å²) in [6.07, 6.45) is -3.50. The quantitative estimate of drug-likeness (QED) is 0.337. The molecule has 1 aromatic carbocycles. The zero-order valence-electron chi connectivity index (χ0n) is 11.3. The summed E-state index contributed by atoms with van der Waals surface area (Å²) < 4.78 is 38.4. The van der Waals surface area contributed by atoms with Gasteiger partial charge in [-0.05, 0) is 31.0 Å². The van der Waals surface area contributed by atoms with Crippen molar-refractivity contribution in [2.24, 2.45) is 10.9 Å². The van der Waals surface area contributed by atoms with Gasteiger partial charge in [0.1, 0.15) is 5.84 Å². The monoisotopic (exact) mass is 289 g/mol. The van der Waals surface area contributed by atoms with E-state index >= 15 is 0 Å². The minimum absolute atomic E-state index is 0.0347. The first-order chi connectivity index (χ1) is 9.27. The minimum atomic E-state index is -4.38. The molecule has 1 rings (SSSR count). The number of anilines is 1. The normalized spacial score (nSPS) is 14.2. The number of halogens is 3. The lowest BCUT2D eigenvalue weighted by atomic mass is 10.1. The van der Waals surface area contributed by atoms with E-state index in [1.807, 2.05) is 6.92 Å². The number of oxime groups is 1. The summed E-state index contributed by atoms with van der Waals surface area (Å²) in [6, 6.07) is 3.88. The summed E-state index contributed by atoms with van der Waals surface area (Å²) in [5.41, 5.74) is 5.28. The second kappa shape index (κ2) is 6.49. The minimum Gasteiger partial charge on any atom is -0.409 e. The van der Waals surface area contributed by atoms with Crippen molar-refractivity contribution in [3.05, 3.63) is 29.3 Å². The Morgan fingerprint density at radius 1 is 1.45 bits per heavy atom. The maximum Gasteiger partial charge on any atom is 0.416 e. The highest BCUT2D eigenvalue weighted by molar-refractivity contribution is 5.80. The van der Waals surface area contributed by atoms with E-state index in [-0.39, 0.29) is 23.9 Å². The van der Waals surface area contributed by atoms with Gasteiger partial charge in [-0.15, -0.1) is 0 Å². The lowest BCUT2D eigenvalue weighted by Gasteiger charge is -2.19. The van der Waals surface area contributed by atoms with Crippen molar-refractivity contribution in [1.82, 2.24) is 0 Å². The van der Waals surface area contributed by atoms with Crippen LogP contribution in [0.1, 0.15) is 30.9 Å². The van der Waals surface area contributed by atoms with Crippen molar-refractivity contribution in [3.8, 4) is 0 Å². The molecule has 1 atom stereocenters. The molecule has 1 aromatic rings. The average molecular weight is 289 g/mol. The van der Waals surface area contributed by atoms with Crippen LogP contribution in [0.2, 0.25) is 0 Å². The van der Waals surface area contributed by atoms with E-state index in [0.29, 0.717) is 12.1 Å². The van der Waals surface area contributed by atoms with Crippen molar-refractivity contribution in [2.75, 3.05) is 5.32 Å². The Bertz CT molecular complexity index is 486. The number of nitrogens with one attached hydrogen (secondary N) is 1. The Kier molecular flexibility index (Phi) is 5.24. The van der Waals surface area contributed by atoms with E-state index < -0.39 is 11.7 Å². The van der Waals surface area contributed by atoms with Crippen LogP contribution in [0.4, 0.5) is 18.9 Å². The van der Waals surface area contributed by atoms with Gasteiger partial charge in [0.25, 0.3) is 0 Å². The Hall–Kier alpha value is -1.92. The Balaban J connectivity index is 2.92. The Morgan fingerprint density at radius 3 is 2.60 bits per heavy atom. The summed E-state index contributed by atoms with van der Waals surface area (Å²) in [4.78, 5) is 0. The van der Waals surface area contributed by atoms with Gasteiger partial charge in [-0.25, -0.2) is 0 Å². The van der Waals surface area contributed by atoms with Gasteiger partial charge in [-0.3, -0.25) is 0 Å². The summed E-state index contributed by atoms with van der Waals surface area (Å²) in [6.45, 7) is 3.28. The summed E-state index contributed by atoms with van der Waals surface area (Å²) in [7, 11) is 0. The van der Waals surface area contributed by atoms with E-state index in [1.54, 1.807) is 6.07 Å². The van der Waals surface area contributed by atoms with Gasteiger partial charge in [0, 0.05) is 18.2 Å². The van der Waals surface area contributed by atoms with Crippen LogP contribution < -0.4 is 11.1 Å². The number of alkyl halides is 3. The van der Waals surface area contributed by atoms with Crippen LogP contribution in [0.25, 0.3) is 0 Å². The van der Waals surface area contributed by atoms with E-state index in [2.05, 4.69) is 10.5 Å². The molecule has 0 spiro atoms. The molecule has 0 aliphatic carbocycles. The predicted molar refractivity (Wildman–Crippen MR) is 71.9 cm³/mol. The largest absolute Gasteiger partial charge is 0.416 e. The smallest absolute Gasteiger partial charge is 0.409 e. The van der Waals surface area contributed by atoms with E-state index in [9.17, 15) is 13.2 Å². The van der Waals surface area contributed by atoms with Gasteiger partial charge in [-0.2, -0.15) is 13.2 Å². The van der Waals surface area contributed by atoms with Crippen LogP contribution in [0, 0.1) is 6.92 Å². The summed E-state index contributed by atoms with van der Waals surface area (Å²) in [5, 5.41) is 14.3. The first kappa shape index (κ1) is 16.1. The molecule has 0 aliphatic heterocycles. The van der Waals surface area contributed by atoms with Crippen molar-refractivity contribution in [1.29, 1.82) is 0 Å². The second-order valence-electron chi connectivity index (χ2n) is 4.57. The number of hydrogen-bond donors (Lipinski definition) is 3. The summed E-state index contributed by atoms with van der Waals surface area (Å²) >= 11 is 0. The van der Waals surface area contributed by atoms with Crippen LogP contribution in [-0.2, 0) is 6.18 Å². The van der Waals surface area contributed by atoms with Gasteiger partial charge >= 0.3 is 6.18 Å². The molecule has 20 heavy (non-hydrogen) atoms. The number of benzene rings is 1. The van der Waals surface area contributed by atoms with Gasteiger partial charge in [0.2, 0.25) is 0 Å². The second-order valence-corrected chi connectivity index (χ2v) is 4.57. The van der Waals surface area contributed by atoms with Gasteiger partial charge in [-0.1, -0.05) is 18.1 Å². The van der Waals surface area contributed by atoms with Gasteiger partial charge in [0.05, 0.1) is 5.56 Å². The zero-order chi connectivity index (χ0) is 15.3. The van der Waals surface area contributed by atoms with E-state index in [4.69, 9.17) is 10.9 Å². The predicted octanol–water partition coefficient (Wildman–Crippen LogP) is 3.34. The fourth-order valence-corrected chi connectivity index (χ4v) is 1.84. The molecule has 0 aliphatic rings. The number of nitrogens with two attached hydrogens (primary N) is 1. The molecule has 0 saturated carbocycles. The number of amidine groups is 1. The third-order valence-electron chi connectivity index (χ3n) is 2.99. The molecule has 112 valence electrons. The molecular formula is C13H18F3N3O. The molecule has 0 saturated heterocycles. The number of nitrogens with zero attached hydrogens (tertiary/aromatic N) is 1. The third-order valence-corrected chi connectivity index (χ3v) is 2.99. The Labute approximate surface area is 115 Å². The standard InChI is InChI=1S/C13H18F3N3O/c1-3-9(7-12(17)19-20)18-10-5-4-8(2)11(6-10)13(14,15)16/h4-6,9,18,20H,3,7H2,1-2H3,(H2,17,19). The molecule has 7 heteroatoms. The molecule has 0 bridgehead atoms. The van der Waals surface area contributed by atoms with Crippen LogP contribution in [0.3, 0.4) is 0 Å². The van der Waals surface area contributed by atoms with Crippen molar-refractivity contribution in [3.63, 3.8) is 0 Å². The molecular weight excluding hydrogens is 271 g/mol. The first-order valence-corrected chi connectivity index (χ1v) is 6.18. The molecule has 1 unspecified atom stereocenters. The SMILES string of the molecule is CCC(CC(N)=NO)Nc1ccc(C)c(C(F)(F)F)c1. The average Bonchev–Trinajstić information content (AvgIpc) is 2.38. The third kappa shape index (κ3) is 4.32. The van der Waals surface area contributed by atoms with Crippen LogP contribution >= 0.6 is 0 Å². The highest BCUT2D eigenvalue weighted by atomic mass is 19.4. The number of rotatable bonds is 5. The zero-order valence-corrected chi connectivity index (χ0v) is 11.3. The van der Waals surface area contributed by atoms with Crippen LogP contribution in [-0.4, -0.2) is 17.1 Å². The highest BCUT2D eigenvalue weighted by Gasteiger charge is 2.32. The van der Waals surface area contributed by atoms with Crippen molar-refractivity contribution >= 4 is 11.5 Å². The van der Waals surface area contributed by atoms with Crippen molar-refractivity contribution in [2.45, 2.75) is 38.9 Å². The molecule has 0 fully saturated rings. The topological polar surface area (TPSA) is 70.6 Å². The fourth-order valence-electron chi connectivity index (χ4n) is 1.84. The Morgan fingerprint density at radius 2 is 2.10 bits per heavy atom. The molecule has 4 nitrogen and oxygen atoms in total. The van der Waals surface area contributed by atoms with Gasteiger partial charge < -0.3 is 16.3 Å². The lowest BCUT2D eigenvalue weighted by molar-refractivity contribution is -0.138. The lowest BCUT2D eigenvalue weighted by Crippen LogP contribution is -2.26. The fraction of sp³-hybridized carbons (Fsp3) is 0.462. The number of aryl methyl sites for hydroxylation is 1. The molecule has 0 radical (unpaired) electrons. The first-order valence-electron chi connectivity index (χ1n) is 6.18. The van der Waals surface area contributed by atoms with Crippen LogP contribution in [0.5, 0.6) is 0 Å². The molecule has 0 heterocycles. The van der Waals surface area contributed by atoms with E-state index in [0.717, 1.165) is 6.07 Å². The van der Waals surface area contributed by atoms with Crippen molar-refractivity contribution < 1.29 is 18.4 Å². The molecule has 0 amide bonds.